The monoisotopic (exact) mass is 90.0 g/mol. The van der Waals surface area contributed by atoms with Gasteiger partial charge < -0.3 is 4.74 Å². The summed E-state index contributed by atoms with van der Waals surface area (Å²) in [7, 11) is 0. The molecule has 1 fully saturated rings. The molecule has 0 spiro atoms. The third kappa shape index (κ3) is 0.931. The highest BCUT2D eigenvalue weighted by molar-refractivity contribution is 4.21. The Balaban J connectivity index is 2.00. The minimum atomic E-state index is 0.278. The highest BCUT2D eigenvalue weighted by Gasteiger charge is 1.95. The first-order valence-corrected chi connectivity index (χ1v) is 1.82. The second-order valence-corrected chi connectivity index (χ2v) is 0.966. The zero-order chi connectivity index (χ0) is 4.24. The molecule has 0 aromatic heterocycles. The predicted molar refractivity (Wildman–Crippen MR) is 17.9 cm³/mol. The standard InChI is InChI=1S/C3H6O3/c1-2-5-6-3-4-1/h1-3H2. The van der Waals surface area contributed by atoms with E-state index in [4.69, 9.17) is 4.74 Å². The Hall–Kier alpha value is -0.120. The van der Waals surface area contributed by atoms with Crippen molar-refractivity contribution in [3.05, 3.63) is 0 Å². The Bertz CT molecular complexity index is 21.5. The Morgan fingerprint density at radius 3 is 2.17 bits per heavy atom. The van der Waals surface area contributed by atoms with Crippen molar-refractivity contribution in [1.29, 1.82) is 0 Å². The molecule has 1 saturated heterocycles. The quantitative estimate of drug-likeness (QED) is 0.389. The van der Waals surface area contributed by atoms with Gasteiger partial charge in [0.15, 0.2) is 6.79 Å². The molecule has 6 heavy (non-hydrogen) atoms. The molecule has 1 aliphatic rings. The van der Waals surface area contributed by atoms with Gasteiger partial charge >= 0.3 is 0 Å². The summed E-state index contributed by atoms with van der Waals surface area (Å²) >= 11 is 0. The second kappa shape index (κ2) is 2.12. The average Bonchev–Trinajstić information content (AvgIpc) is 1.72. The molecular weight excluding hydrogens is 84.0 g/mol. The van der Waals surface area contributed by atoms with Gasteiger partial charge in [-0.3, -0.25) is 0 Å². The molecule has 0 aromatic rings. The first-order valence-electron chi connectivity index (χ1n) is 1.82. The van der Waals surface area contributed by atoms with Gasteiger partial charge in [0.1, 0.15) is 6.61 Å². The Labute approximate surface area is 35.7 Å². The van der Waals surface area contributed by atoms with E-state index in [1.807, 2.05) is 0 Å². The van der Waals surface area contributed by atoms with Crippen LogP contribution in [0.5, 0.6) is 0 Å². The van der Waals surface area contributed by atoms with E-state index in [0.29, 0.717) is 13.2 Å². The van der Waals surface area contributed by atoms with Crippen LogP contribution in [0.4, 0.5) is 0 Å². The summed E-state index contributed by atoms with van der Waals surface area (Å²) < 4.78 is 4.72. The van der Waals surface area contributed by atoms with E-state index >= 15 is 0 Å². The first kappa shape index (κ1) is 4.05. The molecule has 1 heterocycles. The van der Waals surface area contributed by atoms with Crippen molar-refractivity contribution in [2.24, 2.45) is 0 Å². The van der Waals surface area contributed by atoms with E-state index in [0.717, 1.165) is 0 Å². The van der Waals surface area contributed by atoms with Crippen molar-refractivity contribution in [2.45, 2.75) is 0 Å². The zero-order valence-corrected chi connectivity index (χ0v) is 3.35. The molecule has 3 nitrogen and oxygen atoms in total. The molecule has 1 aliphatic heterocycles. The average molecular weight is 90.1 g/mol. The molecule has 1 rings (SSSR count). The number of hydrogen-bond acceptors (Lipinski definition) is 3. The van der Waals surface area contributed by atoms with Crippen LogP contribution in [0.2, 0.25) is 0 Å². The summed E-state index contributed by atoms with van der Waals surface area (Å²) in [5.74, 6) is 0. The van der Waals surface area contributed by atoms with Crippen LogP contribution in [0, 0.1) is 0 Å². The van der Waals surface area contributed by atoms with Gasteiger partial charge in [-0.25, -0.2) is 9.78 Å². The molecule has 0 atom stereocenters. The lowest BCUT2D eigenvalue weighted by Gasteiger charge is -2.08. The van der Waals surface area contributed by atoms with Crippen molar-refractivity contribution in [3.8, 4) is 0 Å². The molecule has 0 N–H and O–H groups in total. The van der Waals surface area contributed by atoms with Crippen LogP contribution in [0.15, 0.2) is 0 Å². The molecular formula is C3H6O3. The van der Waals surface area contributed by atoms with Crippen LogP contribution in [-0.2, 0) is 14.5 Å². The van der Waals surface area contributed by atoms with E-state index < -0.39 is 0 Å². The molecule has 36 valence electrons. The largest absolute Gasteiger partial charge is 0.350 e. The third-order valence-electron chi connectivity index (χ3n) is 0.526. The second-order valence-electron chi connectivity index (χ2n) is 0.966. The van der Waals surface area contributed by atoms with Gasteiger partial charge in [0.2, 0.25) is 0 Å². The predicted octanol–water partition coefficient (Wildman–Crippen LogP) is -0.0777. The lowest BCUT2D eigenvalue weighted by Crippen LogP contribution is -2.14. The van der Waals surface area contributed by atoms with E-state index in [1.165, 1.54) is 0 Å². The minimum absolute atomic E-state index is 0.278. The third-order valence-corrected chi connectivity index (χ3v) is 0.526. The minimum Gasteiger partial charge on any atom is -0.350 e. The maximum atomic E-state index is 4.72. The zero-order valence-electron chi connectivity index (χ0n) is 3.35. The summed E-state index contributed by atoms with van der Waals surface area (Å²) in [6.45, 7) is 1.49. The van der Waals surface area contributed by atoms with E-state index in [-0.39, 0.29) is 6.79 Å². The highest BCUT2D eigenvalue weighted by atomic mass is 17.2. The number of rotatable bonds is 0. The van der Waals surface area contributed by atoms with Crippen molar-refractivity contribution in [2.75, 3.05) is 20.0 Å². The molecule has 0 aliphatic carbocycles. The lowest BCUT2D eigenvalue weighted by atomic mass is 10.8. The molecule has 0 radical (unpaired) electrons. The van der Waals surface area contributed by atoms with Crippen LogP contribution in [0.1, 0.15) is 0 Å². The van der Waals surface area contributed by atoms with Crippen LogP contribution in [-0.4, -0.2) is 20.0 Å². The van der Waals surface area contributed by atoms with Gasteiger partial charge in [0.05, 0.1) is 6.61 Å². The van der Waals surface area contributed by atoms with E-state index in [2.05, 4.69) is 9.78 Å². The Morgan fingerprint density at radius 2 is 2.00 bits per heavy atom. The first-order chi connectivity index (χ1) is 3.00. The van der Waals surface area contributed by atoms with Gasteiger partial charge in [-0.2, -0.15) is 0 Å². The summed E-state index contributed by atoms with van der Waals surface area (Å²) in [6.07, 6.45) is 0. The van der Waals surface area contributed by atoms with Gasteiger partial charge in [-0.15, -0.1) is 0 Å². The van der Waals surface area contributed by atoms with Gasteiger partial charge in [0.25, 0.3) is 0 Å². The summed E-state index contributed by atoms with van der Waals surface area (Å²) in [5.41, 5.74) is 0. The van der Waals surface area contributed by atoms with Crippen molar-refractivity contribution >= 4 is 0 Å². The van der Waals surface area contributed by atoms with Crippen LogP contribution >= 0.6 is 0 Å². The van der Waals surface area contributed by atoms with Crippen molar-refractivity contribution in [3.63, 3.8) is 0 Å². The summed E-state index contributed by atoms with van der Waals surface area (Å²) in [6, 6.07) is 0. The Kier molecular flexibility index (Phi) is 1.43. The van der Waals surface area contributed by atoms with Crippen molar-refractivity contribution in [1.82, 2.24) is 0 Å². The molecule has 0 unspecified atom stereocenters. The van der Waals surface area contributed by atoms with Gasteiger partial charge in [0, 0.05) is 0 Å². The number of ether oxygens (including phenoxy) is 1. The topological polar surface area (TPSA) is 27.7 Å². The summed E-state index contributed by atoms with van der Waals surface area (Å²) in [5, 5.41) is 0. The number of hydrogen-bond donors (Lipinski definition) is 0. The van der Waals surface area contributed by atoms with Crippen LogP contribution in [0.25, 0.3) is 0 Å². The normalized spacial score (nSPS) is 24.0. The van der Waals surface area contributed by atoms with Crippen LogP contribution < -0.4 is 0 Å². The van der Waals surface area contributed by atoms with Gasteiger partial charge in [-0.05, 0) is 0 Å². The SMILES string of the molecule is C1COOCO1. The fraction of sp³-hybridized carbons (Fsp3) is 1.00. The summed E-state index contributed by atoms with van der Waals surface area (Å²) in [4.78, 5) is 8.79. The maximum absolute atomic E-state index is 4.72. The lowest BCUT2D eigenvalue weighted by molar-refractivity contribution is -0.373. The van der Waals surface area contributed by atoms with E-state index in [1.54, 1.807) is 0 Å². The maximum Gasteiger partial charge on any atom is 0.180 e. The van der Waals surface area contributed by atoms with Crippen LogP contribution in [0.3, 0.4) is 0 Å². The smallest absolute Gasteiger partial charge is 0.180 e. The van der Waals surface area contributed by atoms with Crippen molar-refractivity contribution < 1.29 is 14.5 Å². The molecule has 0 saturated carbocycles. The molecule has 3 heteroatoms. The highest BCUT2D eigenvalue weighted by Crippen LogP contribution is 1.87. The molecule has 0 bridgehead atoms. The fourth-order valence-electron chi connectivity index (χ4n) is 0.279. The van der Waals surface area contributed by atoms with Gasteiger partial charge in [-0.1, -0.05) is 0 Å². The molecule has 0 aromatic carbocycles. The molecule has 0 amide bonds. The Morgan fingerprint density at radius 1 is 1.00 bits per heavy atom. The van der Waals surface area contributed by atoms with E-state index in [9.17, 15) is 0 Å². The fourth-order valence-corrected chi connectivity index (χ4v) is 0.279.